The number of amides is 1. The highest BCUT2D eigenvalue weighted by Gasteiger charge is 2.21. The Bertz CT molecular complexity index is 600. The number of carbonyl (C=O) groups is 1. The largest absolute Gasteiger partial charge is 0.365 e. The van der Waals surface area contributed by atoms with Gasteiger partial charge in [0.05, 0.1) is 11.4 Å². The maximum atomic E-state index is 13.8. The average molecular weight is 292 g/mol. The highest BCUT2D eigenvalue weighted by Crippen LogP contribution is 2.22. The fourth-order valence-electron chi connectivity index (χ4n) is 1.51. The minimum atomic E-state index is -3.78. The lowest BCUT2D eigenvalue weighted by Crippen LogP contribution is -2.22. The van der Waals surface area contributed by atoms with Crippen LogP contribution in [0.1, 0.15) is 24.2 Å². The van der Waals surface area contributed by atoms with Gasteiger partial charge in [0, 0.05) is 0 Å². The number of primary amides is 1. The van der Waals surface area contributed by atoms with Gasteiger partial charge in [-0.25, -0.2) is 17.2 Å². The Morgan fingerprint density at radius 1 is 1.37 bits per heavy atom. The molecule has 0 saturated heterocycles. The van der Waals surface area contributed by atoms with Gasteiger partial charge in [0.1, 0.15) is 11.4 Å². The number of hydrogen-bond donors (Lipinski definition) is 2. The molecule has 0 fully saturated rings. The molecule has 0 atom stereocenters. The summed E-state index contributed by atoms with van der Waals surface area (Å²) in [6.45, 7) is 3.35. The number of carbonyl (C=O) groups excluding carboxylic acids is 1. The maximum absolute atomic E-state index is 13.8. The van der Waals surface area contributed by atoms with E-state index in [-0.39, 0.29) is 11.7 Å². The van der Waals surface area contributed by atoms with Crippen molar-refractivity contribution in [2.24, 2.45) is 11.7 Å². The summed E-state index contributed by atoms with van der Waals surface area (Å²) in [6, 6.07) is 1.67. The van der Waals surface area contributed by atoms with Crippen LogP contribution in [0.2, 0.25) is 0 Å². The minimum absolute atomic E-state index is 0.170. The third kappa shape index (κ3) is 3.88. The first-order chi connectivity index (χ1) is 8.64. The predicted octanol–water partition coefficient (Wildman–Crippen LogP) is 1.46. The van der Waals surface area contributed by atoms with E-state index < -0.39 is 38.8 Å². The van der Waals surface area contributed by atoms with Crippen molar-refractivity contribution in [3.8, 4) is 0 Å². The summed E-state index contributed by atoms with van der Waals surface area (Å²) < 4.78 is 52.2. The average Bonchev–Trinajstić information content (AvgIpc) is 2.19. The van der Waals surface area contributed by atoms with E-state index in [1.807, 2.05) is 4.72 Å². The van der Waals surface area contributed by atoms with E-state index in [0.29, 0.717) is 0 Å². The number of benzene rings is 1. The van der Waals surface area contributed by atoms with Crippen LogP contribution in [0.3, 0.4) is 0 Å². The van der Waals surface area contributed by atoms with Gasteiger partial charge in [-0.05, 0) is 18.1 Å². The van der Waals surface area contributed by atoms with Gasteiger partial charge in [0.2, 0.25) is 10.0 Å². The van der Waals surface area contributed by atoms with Gasteiger partial charge in [-0.1, -0.05) is 13.8 Å². The van der Waals surface area contributed by atoms with Crippen LogP contribution in [-0.4, -0.2) is 20.1 Å². The third-order valence-corrected chi connectivity index (χ3v) is 3.79. The Morgan fingerprint density at radius 2 is 1.95 bits per heavy atom. The summed E-state index contributed by atoms with van der Waals surface area (Å²) in [5.74, 6) is -4.16. The number of halogens is 2. The first kappa shape index (κ1) is 15.4. The summed E-state index contributed by atoms with van der Waals surface area (Å²) in [6.07, 6.45) is 0. The Hall–Kier alpha value is -1.70. The first-order valence-corrected chi connectivity index (χ1v) is 7.07. The SMILES string of the molecule is CC(C)CS(=O)(=O)Nc1ccc(F)c(C(N)=O)c1F. The Kier molecular flexibility index (Phi) is 4.46. The molecule has 5 nitrogen and oxygen atoms in total. The van der Waals surface area contributed by atoms with Crippen molar-refractivity contribution in [2.75, 3.05) is 10.5 Å². The zero-order valence-corrected chi connectivity index (χ0v) is 11.2. The first-order valence-electron chi connectivity index (χ1n) is 5.42. The lowest BCUT2D eigenvalue weighted by atomic mass is 10.1. The standard InChI is InChI=1S/C11H14F2N2O3S/c1-6(2)5-19(17,18)15-8-4-3-7(12)9(10(8)13)11(14)16/h3-4,6,15H,5H2,1-2H3,(H2,14,16). The molecule has 1 aromatic carbocycles. The molecule has 0 unspecified atom stereocenters. The summed E-state index contributed by atoms with van der Waals surface area (Å²) in [7, 11) is -3.78. The van der Waals surface area contributed by atoms with E-state index in [2.05, 4.69) is 0 Å². The topological polar surface area (TPSA) is 89.3 Å². The van der Waals surface area contributed by atoms with Gasteiger partial charge < -0.3 is 5.73 Å². The number of nitrogens with two attached hydrogens (primary N) is 1. The molecule has 0 aliphatic heterocycles. The molecular formula is C11H14F2N2O3S. The second kappa shape index (κ2) is 5.52. The van der Waals surface area contributed by atoms with Gasteiger partial charge in [-0.3, -0.25) is 9.52 Å². The van der Waals surface area contributed by atoms with Crippen LogP contribution in [-0.2, 0) is 10.0 Å². The van der Waals surface area contributed by atoms with Gasteiger partial charge in [0.25, 0.3) is 5.91 Å². The molecule has 19 heavy (non-hydrogen) atoms. The van der Waals surface area contributed by atoms with Crippen molar-refractivity contribution < 1.29 is 22.0 Å². The van der Waals surface area contributed by atoms with Crippen LogP contribution < -0.4 is 10.5 Å². The molecule has 1 rings (SSSR count). The summed E-state index contributed by atoms with van der Waals surface area (Å²) in [4.78, 5) is 10.9. The van der Waals surface area contributed by atoms with E-state index >= 15 is 0 Å². The van der Waals surface area contributed by atoms with Crippen LogP contribution in [0, 0.1) is 17.6 Å². The number of rotatable bonds is 5. The van der Waals surface area contributed by atoms with Crippen LogP contribution in [0.15, 0.2) is 12.1 Å². The van der Waals surface area contributed by atoms with Crippen molar-refractivity contribution in [2.45, 2.75) is 13.8 Å². The van der Waals surface area contributed by atoms with E-state index in [1.54, 1.807) is 13.8 Å². The normalized spacial score (nSPS) is 11.6. The van der Waals surface area contributed by atoms with E-state index in [9.17, 15) is 22.0 Å². The molecule has 8 heteroatoms. The number of sulfonamides is 1. The third-order valence-electron chi connectivity index (χ3n) is 2.16. The zero-order valence-electron chi connectivity index (χ0n) is 10.4. The maximum Gasteiger partial charge on any atom is 0.254 e. The van der Waals surface area contributed by atoms with E-state index in [0.717, 1.165) is 12.1 Å². The molecule has 0 radical (unpaired) electrons. The highest BCUT2D eigenvalue weighted by molar-refractivity contribution is 7.92. The fraction of sp³-hybridized carbons (Fsp3) is 0.364. The molecule has 0 heterocycles. The molecule has 0 aliphatic carbocycles. The fourth-order valence-corrected chi connectivity index (χ4v) is 2.96. The van der Waals surface area contributed by atoms with Crippen LogP contribution in [0.5, 0.6) is 0 Å². The highest BCUT2D eigenvalue weighted by atomic mass is 32.2. The van der Waals surface area contributed by atoms with Gasteiger partial charge in [0.15, 0.2) is 5.82 Å². The molecule has 106 valence electrons. The number of nitrogens with one attached hydrogen (secondary N) is 1. The molecule has 0 aromatic heterocycles. The van der Waals surface area contributed by atoms with Gasteiger partial charge >= 0.3 is 0 Å². The lowest BCUT2D eigenvalue weighted by Gasteiger charge is -2.12. The van der Waals surface area contributed by atoms with Crippen molar-refractivity contribution in [1.29, 1.82) is 0 Å². The van der Waals surface area contributed by atoms with Crippen LogP contribution in [0.4, 0.5) is 14.5 Å². The Balaban J connectivity index is 3.17. The number of hydrogen-bond acceptors (Lipinski definition) is 3. The molecule has 0 saturated carbocycles. The van der Waals surface area contributed by atoms with Crippen molar-refractivity contribution in [3.63, 3.8) is 0 Å². The van der Waals surface area contributed by atoms with Crippen molar-refractivity contribution >= 4 is 21.6 Å². The monoisotopic (exact) mass is 292 g/mol. The summed E-state index contributed by atoms with van der Waals surface area (Å²) in [5.41, 5.74) is 3.36. The van der Waals surface area contributed by atoms with E-state index in [4.69, 9.17) is 5.73 Å². The van der Waals surface area contributed by atoms with Gasteiger partial charge in [-0.2, -0.15) is 0 Å². The quantitative estimate of drug-likeness (QED) is 0.861. The summed E-state index contributed by atoms with van der Waals surface area (Å²) in [5, 5.41) is 0. The second-order valence-electron chi connectivity index (χ2n) is 4.43. The smallest absolute Gasteiger partial charge is 0.254 e. The molecule has 1 amide bonds. The molecular weight excluding hydrogens is 278 g/mol. The summed E-state index contributed by atoms with van der Waals surface area (Å²) >= 11 is 0. The lowest BCUT2D eigenvalue weighted by molar-refractivity contribution is 0.0992. The van der Waals surface area contributed by atoms with E-state index in [1.165, 1.54) is 0 Å². The Morgan fingerprint density at radius 3 is 2.42 bits per heavy atom. The zero-order chi connectivity index (χ0) is 14.8. The molecule has 1 aromatic rings. The molecule has 3 N–H and O–H groups in total. The van der Waals surface area contributed by atoms with Crippen LogP contribution >= 0.6 is 0 Å². The predicted molar refractivity (Wildman–Crippen MR) is 67.1 cm³/mol. The molecule has 0 spiro atoms. The molecule has 0 bridgehead atoms. The second-order valence-corrected chi connectivity index (χ2v) is 6.19. The Labute approximate surface area is 109 Å². The van der Waals surface area contributed by atoms with Crippen molar-refractivity contribution in [3.05, 3.63) is 29.3 Å². The molecule has 0 aliphatic rings. The van der Waals surface area contributed by atoms with Gasteiger partial charge in [-0.15, -0.1) is 0 Å². The number of anilines is 1. The minimum Gasteiger partial charge on any atom is -0.365 e. The van der Waals surface area contributed by atoms with Crippen LogP contribution in [0.25, 0.3) is 0 Å². The van der Waals surface area contributed by atoms with Crippen molar-refractivity contribution in [1.82, 2.24) is 0 Å².